The Bertz CT molecular complexity index is 414. The molecule has 1 aromatic carbocycles. The summed E-state index contributed by atoms with van der Waals surface area (Å²) in [6.07, 6.45) is 2.01. The smallest absolute Gasteiger partial charge is 0.251 e. The van der Waals surface area contributed by atoms with E-state index in [0.717, 1.165) is 25.9 Å². The van der Waals surface area contributed by atoms with Gasteiger partial charge in [0.1, 0.15) is 0 Å². The monoisotopic (exact) mass is 236 g/mol. The maximum absolute atomic E-state index is 11.8. The van der Waals surface area contributed by atoms with E-state index >= 15 is 0 Å². The van der Waals surface area contributed by atoms with Gasteiger partial charge in [0.05, 0.1) is 0 Å². The zero-order valence-electron chi connectivity index (χ0n) is 9.44. The van der Waals surface area contributed by atoms with Gasteiger partial charge in [-0.3, -0.25) is 4.79 Å². The third kappa shape index (κ3) is 2.88. The molecule has 1 fully saturated rings. The fraction of sp³-hybridized carbons (Fsp3) is 0.417. The molecule has 1 amide bonds. The zero-order valence-corrected chi connectivity index (χ0v) is 9.44. The van der Waals surface area contributed by atoms with Crippen molar-refractivity contribution in [2.45, 2.75) is 18.9 Å². The van der Waals surface area contributed by atoms with Gasteiger partial charge in [0.15, 0.2) is 11.5 Å². The summed E-state index contributed by atoms with van der Waals surface area (Å²) in [5.74, 6) is -0.727. The Kier molecular flexibility index (Phi) is 3.49. The second kappa shape index (κ2) is 5.05. The molecule has 1 aliphatic heterocycles. The largest absolute Gasteiger partial charge is 0.504 e. The SMILES string of the molecule is O=C(NC1CCCNC1)c1ccc(O)c(O)c1. The van der Waals surface area contributed by atoms with E-state index < -0.39 is 0 Å². The lowest BCUT2D eigenvalue weighted by Crippen LogP contribution is -2.45. The van der Waals surface area contributed by atoms with Gasteiger partial charge in [-0.1, -0.05) is 0 Å². The van der Waals surface area contributed by atoms with Gasteiger partial charge in [-0.15, -0.1) is 0 Å². The van der Waals surface area contributed by atoms with E-state index in [4.69, 9.17) is 5.11 Å². The van der Waals surface area contributed by atoms with Gasteiger partial charge in [-0.2, -0.15) is 0 Å². The highest BCUT2D eigenvalue weighted by Gasteiger charge is 2.16. The van der Waals surface area contributed by atoms with E-state index in [0.29, 0.717) is 5.56 Å². The fourth-order valence-corrected chi connectivity index (χ4v) is 1.91. The van der Waals surface area contributed by atoms with Crippen molar-refractivity contribution in [1.29, 1.82) is 0 Å². The predicted octanol–water partition coefficient (Wildman–Crippen LogP) is 0.580. The van der Waals surface area contributed by atoms with Crippen molar-refractivity contribution >= 4 is 5.91 Å². The van der Waals surface area contributed by atoms with E-state index in [2.05, 4.69) is 10.6 Å². The molecule has 1 saturated heterocycles. The second-order valence-corrected chi connectivity index (χ2v) is 4.22. The molecule has 0 bridgehead atoms. The summed E-state index contributed by atoms with van der Waals surface area (Å²) in [5, 5.41) is 24.6. The standard InChI is InChI=1S/C12H16N2O3/c15-10-4-3-8(6-11(10)16)12(17)14-9-2-1-5-13-7-9/h3-4,6,9,13,15-16H,1-2,5,7H2,(H,14,17). The van der Waals surface area contributed by atoms with Crippen LogP contribution in [0.1, 0.15) is 23.2 Å². The Balaban J connectivity index is 2.01. The minimum absolute atomic E-state index is 0.132. The first-order chi connectivity index (χ1) is 8.16. The quantitative estimate of drug-likeness (QED) is 0.566. The Morgan fingerprint density at radius 2 is 2.18 bits per heavy atom. The number of benzene rings is 1. The van der Waals surface area contributed by atoms with Gasteiger partial charge in [0.25, 0.3) is 5.91 Å². The van der Waals surface area contributed by atoms with Crippen LogP contribution in [0.5, 0.6) is 11.5 Å². The number of amides is 1. The molecule has 1 atom stereocenters. The zero-order chi connectivity index (χ0) is 12.3. The van der Waals surface area contributed by atoms with Crippen LogP contribution in [0.3, 0.4) is 0 Å². The summed E-state index contributed by atoms with van der Waals surface area (Å²) >= 11 is 0. The van der Waals surface area contributed by atoms with Crippen LogP contribution < -0.4 is 10.6 Å². The molecule has 5 heteroatoms. The minimum atomic E-state index is -0.278. The van der Waals surface area contributed by atoms with Crippen molar-refractivity contribution in [2.24, 2.45) is 0 Å². The topological polar surface area (TPSA) is 81.6 Å². The number of hydrogen-bond acceptors (Lipinski definition) is 4. The van der Waals surface area contributed by atoms with Crippen LogP contribution in [0.25, 0.3) is 0 Å². The van der Waals surface area contributed by atoms with Gasteiger partial charge in [0, 0.05) is 18.2 Å². The number of nitrogens with one attached hydrogen (secondary N) is 2. The molecule has 2 rings (SSSR count). The highest BCUT2D eigenvalue weighted by molar-refractivity contribution is 5.95. The summed E-state index contributed by atoms with van der Waals surface area (Å²) < 4.78 is 0. The van der Waals surface area contributed by atoms with E-state index in [9.17, 15) is 9.90 Å². The molecule has 0 aliphatic carbocycles. The minimum Gasteiger partial charge on any atom is -0.504 e. The number of piperidine rings is 1. The lowest BCUT2D eigenvalue weighted by molar-refractivity contribution is 0.0930. The summed E-state index contributed by atoms with van der Waals surface area (Å²) in [7, 11) is 0. The van der Waals surface area contributed by atoms with Crippen molar-refractivity contribution in [3.8, 4) is 11.5 Å². The Hall–Kier alpha value is -1.75. The van der Waals surface area contributed by atoms with Crippen molar-refractivity contribution in [3.05, 3.63) is 23.8 Å². The number of phenolic OH excluding ortho intramolecular Hbond substituents is 2. The van der Waals surface area contributed by atoms with E-state index in [1.165, 1.54) is 18.2 Å². The van der Waals surface area contributed by atoms with Crippen molar-refractivity contribution in [1.82, 2.24) is 10.6 Å². The van der Waals surface area contributed by atoms with Crippen molar-refractivity contribution < 1.29 is 15.0 Å². The molecule has 1 heterocycles. The average molecular weight is 236 g/mol. The van der Waals surface area contributed by atoms with Gasteiger partial charge in [0.2, 0.25) is 0 Å². The van der Waals surface area contributed by atoms with E-state index in [1.54, 1.807) is 0 Å². The molecule has 1 aromatic rings. The summed E-state index contributed by atoms with van der Waals surface area (Å²) in [4.78, 5) is 11.8. The molecule has 4 N–H and O–H groups in total. The molecule has 0 spiro atoms. The van der Waals surface area contributed by atoms with Crippen LogP contribution in [0, 0.1) is 0 Å². The molecule has 0 aromatic heterocycles. The lowest BCUT2D eigenvalue weighted by Gasteiger charge is -2.23. The first-order valence-electron chi connectivity index (χ1n) is 5.70. The second-order valence-electron chi connectivity index (χ2n) is 4.22. The normalized spacial score (nSPS) is 19.9. The molecular formula is C12H16N2O3. The van der Waals surface area contributed by atoms with E-state index in [-0.39, 0.29) is 23.4 Å². The number of carbonyl (C=O) groups is 1. The summed E-state index contributed by atoms with van der Waals surface area (Å²) in [6, 6.07) is 4.19. The van der Waals surface area contributed by atoms with Crippen LogP contribution in [0.4, 0.5) is 0 Å². The third-order valence-electron chi connectivity index (χ3n) is 2.87. The third-order valence-corrected chi connectivity index (χ3v) is 2.87. The summed E-state index contributed by atoms with van der Waals surface area (Å²) in [6.45, 7) is 1.77. The Morgan fingerprint density at radius 1 is 1.35 bits per heavy atom. The number of phenols is 2. The molecular weight excluding hydrogens is 220 g/mol. The number of aromatic hydroxyl groups is 2. The highest BCUT2D eigenvalue weighted by Crippen LogP contribution is 2.24. The van der Waals surface area contributed by atoms with Gasteiger partial charge in [-0.05, 0) is 37.6 Å². The maximum atomic E-state index is 11.8. The van der Waals surface area contributed by atoms with Crippen molar-refractivity contribution in [3.63, 3.8) is 0 Å². The van der Waals surface area contributed by atoms with Crippen LogP contribution in [-0.2, 0) is 0 Å². The van der Waals surface area contributed by atoms with E-state index in [1.807, 2.05) is 0 Å². The molecule has 5 nitrogen and oxygen atoms in total. The Morgan fingerprint density at radius 3 is 2.82 bits per heavy atom. The number of rotatable bonds is 2. The molecule has 1 unspecified atom stereocenters. The first-order valence-corrected chi connectivity index (χ1v) is 5.70. The van der Waals surface area contributed by atoms with Crippen LogP contribution in [-0.4, -0.2) is 35.3 Å². The van der Waals surface area contributed by atoms with Gasteiger partial charge >= 0.3 is 0 Å². The molecule has 17 heavy (non-hydrogen) atoms. The lowest BCUT2D eigenvalue weighted by atomic mass is 10.1. The average Bonchev–Trinajstić information content (AvgIpc) is 2.34. The fourth-order valence-electron chi connectivity index (χ4n) is 1.91. The van der Waals surface area contributed by atoms with Gasteiger partial charge in [-0.25, -0.2) is 0 Å². The Labute approximate surface area is 99.5 Å². The number of hydrogen-bond donors (Lipinski definition) is 4. The molecule has 0 saturated carbocycles. The molecule has 1 aliphatic rings. The number of carbonyl (C=O) groups excluding carboxylic acids is 1. The van der Waals surface area contributed by atoms with Gasteiger partial charge < -0.3 is 20.8 Å². The van der Waals surface area contributed by atoms with Crippen LogP contribution >= 0.6 is 0 Å². The predicted molar refractivity (Wildman–Crippen MR) is 63.1 cm³/mol. The van der Waals surface area contributed by atoms with Crippen LogP contribution in [0.2, 0.25) is 0 Å². The molecule has 0 radical (unpaired) electrons. The first kappa shape index (κ1) is 11.7. The summed E-state index contributed by atoms with van der Waals surface area (Å²) in [5.41, 5.74) is 0.353. The highest BCUT2D eigenvalue weighted by atomic mass is 16.3. The molecule has 92 valence electrons. The maximum Gasteiger partial charge on any atom is 0.251 e. The van der Waals surface area contributed by atoms with Crippen LogP contribution in [0.15, 0.2) is 18.2 Å². The van der Waals surface area contributed by atoms with Crippen molar-refractivity contribution in [2.75, 3.05) is 13.1 Å².